The number of aryl methyl sites for hydroxylation is 1. The molecule has 0 bridgehead atoms. The average molecular weight is 433 g/mol. The molecule has 2 aromatic heterocycles. The highest BCUT2D eigenvalue weighted by Crippen LogP contribution is 2.36. The molecule has 1 aliphatic carbocycles. The summed E-state index contributed by atoms with van der Waals surface area (Å²) in [7, 11) is 0. The number of nitrogens with zero attached hydrogens (tertiary/aromatic N) is 3. The van der Waals surface area contributed by atoms with Gasteiger partial charge in [0.1, 0.15) is 5.82 Å². The van der Waals surface area contributed by atoms with E-state index in [4.69, 9.17) is 5.73 Å². The molecule has 0 amide bonds. The molecule has 3 N–H and O–H groups in total. The van der Waals surface area contributed by atoms with Crippen molar-refractivity contribution in [3.8, 4) is 0 Å². The average Bonchev–Trinajstić information content (AvgIpc) is 3.24. The standard InChI is InChI=1S/C22H26F3N5O/c1-2-9-30-14-17(7-8-21(30)31)27-12-15(11-26)18-13-28-20(10-19(18)22(23,24)25)29-16-5-3-4-6-16/h7-8,10-14,16H,2-6,9,26H2,1H3,(H,28,29). The maximum atomic E-state index is 13.8. The first-order valence-electron chi connectivity index (χ1n) is 10.3. The molecule has 0 atom stereocenters. The molecule has 0 unspecified atom stereocenters. The van der Waals surface area contributed by atoms with Gasteiger partial charge in [-0.25, -0.2) is 4.98 Å². The van der Waals surface area contributed by atoms with Crippen molar-refractivity contribution >= 4 is 23.3 Å². The van der Waals surface area contributed by atoms with Crippen LogP contribution in [-0.2, 0) is 12.7 Å². The lowest BCUT2D eigenvalue weighted by Crippen LogP contribution is -2.18. The van der Waals surface area contributed by atoms with Crippen LogP contribution < -0.4 is 16.6 Å². The SMILES string of the molecule is CCCn1cc(N=CC(=CN)c2cnc(NC3CCCC3)cc2C(F)(F)F)ccc1=O. The lowest BCUT2D eigenvalue weighted by Gasteiger charge is -2.17. The number of nitrogens with two attached hydrogens (primary N) is 1. The van der Waals surface area contributed by atoms with E-state index < -0.39 is 11.7 Å². The molecule has 1 fully saturated rings. The quantitative estimate of drug-likeness (QED) is 0.619. The highest BCUT2D eigenvalue weighted by Gasteiger charge is 2.35. The number of allylic oxidation sites excluding steroid dienone is 1. The van der Waals surface area contributed by atoms with Crippen LogP contribution in [0.4, 0.5) is 24.7 Å². The van der Waals surface area contributed by atoms with Gasteiger partial charge in [0, 0.05) is 54.6 Å². The van der Waals surface area contributed by atoms with Gasteiger partial charge < -0.3 is 15.6 Å². The number of halogens is 3. The normalized spacial score (nSPS) is 15.7. The minimum atomic E-state index is -4.58. The van der Waals surface area contributed by atoms with Crippen LogP contribution in [0.5, 0.6) is 0 Å². The predicted molar refractivity (Wildman–Crippen MR) is 116 cm³/mol. The summed E-state index contributed by atoms with van der Waals surface area (Å²) in [6, 6.07) is 4.05. The summed E-state index contributed by atoms with van der Waals surface area (Å²) in [6.45, 7) is 2.47. The highest BCUT2D eigenvalue weighted by molar-refractivity contribution is 6.11. The van der Waals surface area contributed by atoms with Crippen LogP contribution in [-0.4, -0.2) is 21.8 Å². The third kappa shape index (κ3) is 5.74. The van der Waals surface area contributed by atoms with E-state index in [1.807, 2.05) is 6.92 Å². The molecule has 0 saturated heterocycles. The molecule has 31 heavy (non-hydrogen) atoms. The molecule has 1 aliphatic rings. The second kappa shape index (κ2) is 9.80. The monoisotopic (exact) mass is 433 g/mol. The van der Waals surface area contributed by atoms with Crippen LogP contribution >= 0.6 is 0 Å². The summed E-state index contributed by atoms with van der Waals surface area (Å²) < 4.78 is 42.8. The number of hydrogen-bond donors (Lipinski definition) is 2. The van der Waals surface area contributed by atoms with Gasteiger partial charge in [0.25, 0.3) is 5.56 Å². The van der Waals surface area contributed by atoms with Crippen molar-refractivity contribution in [1.82, 2.24) is 9.55 Å². The van der Waals surface area contributed by atoms with E-state index in [0.29, 0.717) is 12.2 Å². The van der Waals surface area contributed by atoms with Crippen molar-refractivity contribution in [2.45, 2.75) is 57.8 Å². The van der Waals surface area contributed by atoms with Gasteiger partial charge in [-0.3, -0.25) is 9.79 Å². The first-order valence-corrected chi connectivity index (χ1v) is 10.3. The summed E-state index contributed by atoms with van der Waals surface area (Å²) >= 11 is 0. The molecule has 6 nitrogen and oxygen atoms in total. The van der Waals surface area contributed by atoms with Crippen molar-refractivity contribution < 1.29 is 13.2 Å². The molecule has 3 rings (SSSR count). The van der Waals surface area contributed by atoms with Gasteiger partial charge in [0.05, 0.1) is 11.3 Å². The number of anilines is 1. The van der Waals surface area contributed by atoms with E-state index in [9.17, 15) is 18.0 Å². The van der Waals surface area contributed by atoms with Crippen molar-refractivity contribution in [2.24, 2.45) is 10.7 Å². The van der Waals surface area contributed by atoms with Gasteiger partial charge in [-0.15, -0.1) is 0 Å². The van der Waals surface area contributed by atoms with Crippen LogP contribution in [0.3, 0.4) is 0 Å². The zero-order chi connectivity index (χ0) is 22.4. The molecule has 0 spiro atoms. The summed E-state index contributed by atoms with van der Waals surface area (Å²) in [6.07, 6.45) is 5.21. The Labute approximate surface area is 178 Å². The number of alkyl halides is 3. The number of aliphatic imine (C=N–C) groups is 1. The Bertz CT molecular complexity index is 1020. The third-order valence-corrected chi connectivity index (χ3v) is 5.19. The Morgan fingerprint density at radius 3 is 2.74 bits per heavy atom. The number of pyridine rings is 2. The molecular formula is C22H26F3N5O. The Hall–Kier alpha value is -3.10. The van der Waals surface area contributed by atoms with Crippen molar-refractivity contribution in [1.29, 1.82) is 0 Å². The minimum absolute atomic E-state index is 0.0838. The van der Waals surface area contributed by atoms with Gasteiger partial charge >= 0.3 is 6.18 Å². The number of rotatable bonds is 7. The smallest absolute Gasteiger partial charge is 0.404 e. The Kier molecular flexibility index (Phi) is 7.14. The molecule has 2 aromatic rings. The first kappa shape index (κ1) is 22.6. The lowest BCUT2D eigenvalue weighted by molar-refractivity contribution is -0.137. The van der Waals surface area contributed by atoms with E-state index >= 15 is 0 Å². The topological polar surface area (TPSA) is 85.3 Å². The fraction of sp³-hybridized carbons (Fsp3) is 0.409. The maximum absolute atomic E-state index is 13.8. The Morgan fingerprint density at radius 2 is 2.10 bits per heavy atom. The molecule has 0 radical (unpaired) electrons. The molecule has 9 heteroatoms. The van der Waals surface area contributed by atoms with E-state index in [1.54, 1.807) is 6.20 Å². The zero-order valence-corrected chi connectivity index (χ0v) is 17.3. The maximum Gasteiger partial charge on any atom is 0.417 e. The number of nitrogens with one attached hydrogen (secondary N) is 1. The van der Waals surface area contributed by atoms with Crippen LogP contribution in [0, 0.1) is 0 Å². The minimum Gasteiger partial charge on any atom is -0.404 e. The third-order valence-electron chi connectivity index (χ3n) is 5.19. The summed E-state index contributed by atoms with van der Waals surface area (Å²) in [4.78, 5) is 20.2. The first-order chi connectivity index (χ1) is 14.8. The van der Waals surface area contributed by atoms with Crippen LogP contribution in [0.1, 0.15) is 50.2 Å². The molecule has 0 aromatic carbocycles. The van der Waals surface area contributed by atoms with Gasteiger partial charge in [-0.2, -0.15) is 13.2 Å². The second-order valence-corrected chi connectivity index (χ2v) is 7.54. The van der Waals surface area contributed by atoms with Gasteiger partial charge in [-0.1, -0.05) is 19.8 Å². The van der Waals surface area contributed by atoms with Crippen molar-refractivity contribution in [2.75, 3.05) is 5.32 Å². The second-order valence-electron chi connectivity index (χ2n) is 7.54. The van der Waals surface area contributed by atoms with Crippen molar-refractivity contribution in [3.05, 3.63) is 58.3 Å². The summed E-state index contributed by atoms with van der Waals surface area (Å²) in [5.74, 6) is 0.197. The van der Waals surface area contributed by atoms with E-state index in [-0.39, 0.29) is 28.6 Å². The van der Waals surface area contributed by atoms with E-state index in [2.05, 4.69) is 15.3 Å². The fourth-order valence-corrected chi connectivity index (χ4v) is 3.64. The highest BCUT2D eigenvalue weighted by atomic mass is 19.4. The lowest BCUT2D eigenvalue weighted by atomic mass is 10.0. The van der Waals surface area contributed by atoms with Crippen LogP contribution in [0.2, 0.25) is 0 Å². The van der Waals surface area contributed by atoms with Gasteiger partial charge in [0.15, 0.2) is 0 Å². The summed E-state index contributed by atoms with van der Waals surface area (Å²) in [5.41, 5.74) is 5.01. The van der Waals surface area contributed by atoms with Gasteiger partial charge in [-0.05, 0) is 31.4 Å². The van der Waals surface area contributed by atoms with E-state index in [1.165, 1.54) is 29.1 Å². The predicted octanol–water partition coefficient (Wildman–Crippen LogP) is 4.73. The van der Waals surface area contributed by atoms with Crippen molar-refractivity contribution in [3.63, 3.8) is 0 Å². The Morgan fingerprint density at radius 1 is 1.35 bits per heavy atom. The molecular weight excluding hydrogens is 407 g/mol. The van der Waals surface area contributed by atoms with Gasteiger partial charge in [0.2, 0.25) is 0 Å². The number of aromatic nitrogens is 2. The van der Waals surface area contributed by atoms with Crippen LogP contribution in [0.25, 0.3) is 5.57 Å². The summed E-state index contributed by atoms with van der Waals surface area (Å²) in [5, 5.41) is 3.09. The number of hydrogen-bond acceptors (Lipinski definition) is 5. The molecule has 1 saturated carbocycles. The molecule has 2 heterocycles. The molecule has 0 aliphatic heterocycles. The van der Waals surface area contributed by atoms with E-state index in [0.717, 1.165) is 44.4 Å². The van der Waals surface area contributed by atoms with Crippen LogP contribution in [0.15, 0.2) is 46.6 Å². The largest absolute Gasteiger partial charge is 0.417 e. The fourth-order valence-electron chi connectivity index (χ4n) is 3.64. The Balaban J connectivity index is 1.90. The molecule has 166 valence electrons. The zero-order valence-electron chi connectivity index (χ0n) is 17.3.